The van der Waals surface area contributed by atoms with E-state index in [1.165, 1.54) is 0 Å². The van der Waals surface area contributed by atoms with Crippen LogP contribution in [0.5, 0.6) is 0 Å². The fourth-order valence-electron chi connectivity index (χ4n) is 0.274. The summed E-state index contributed by atoms with van der Waals surface area (Å²) in [5.74, 6) is 0. The predicted molar refractivity (Wildman–Crippen MR) is 33.4 cm³/mol. The van der Waals surface area contributed by atoms with Gasteiger partial charge in [-0.3, -0.25) is 5.73 Å². The van der Waals surface area contributed by atoms with Gasteiger partial charge in [0, 0.05) is 6.04 Å². The van der Waals surface area contributed by atoms with Crippen LogP contribution in [0, 0.1) is 5.41 Å². The molecule has 0 fully saturated rings. The highest BCUT2D eigenvalue weighted by Gasteiger charge is 2.19. The highest BCUT2D eigenvalue weighted by atomic mass is 16.3. The standard InChI is InChI=1S/C6H14NO/c1-6(2,3)5(7)4-8/h5,7-8H,4H2,1-3H3/t5-/m0/s1. The molecule has 0 amide bonds. The molecular weight excluding hydrogens is 102 g/mol. The molecule has 49 valence electrons. The Labute approximate surface area is 50.7 Å². The average Bonchev–Trinajstić information content (AvgIpc) is 1.62. The number of nitrogens with one attached hydrogen (secondary N) is 1. The molecule has 0 rings (SSSR count). The van der Waals surface area contributed by atoms with Gasteiger partial charge in [-0.15, -0.1) is 0 Å². The van der Waals surface area contributed by atoms with Crippen LogP contribution in [0.2, 0.25) is 0 Å². The molecule has 0 saturated carbocycles. The summed E-state index contributed by atoms with van der Waals surface area (Å²) in [6, 6.07) is -0.345. The molecule has 1 radical (unpaired) electrons. The SMILES string of the molecule is CC(C)(C)[C@@H]([NH])CO. The molecular formula is C6H14NO. The molecule has 0 aromatic heterocycles. The maximum Gasteiger partial charge on any atom is 0.0603 e. The molecule has 1 atom stereocenters. The van der Waals surface area contributed by atoms with E-state index in [4.69, 9.17) is 10.8 Å². The van der Waals surface area contributed by atoms with E-state index >= 15 is 0 Å². The largest absolute Gasteiger partial charge is 0.395 e. The summed E-state index contributed by atoms with van der Waals surface area (Å²) in [6.45, 7) is 5.80. The summed E-state index contributed by atoms with van der Waals surface area (Å²) in [4.78, 5) is 0. The van der Waals surface area contributed by atoms with E-state index in [1.807, 2.05) is 20.8 Å². The van der Waals surface area contributed by atoms with E-state index in [0.29, 0.717) is 0 Å². The summed E-state index contributed by atoms with van der Waals surface area (Å²) in [5.41, 5.74) is 7.15. The normalized spacial score (nSPS) is 16.1. The summed E-state index contributed by atoms with van der Waals surface area (Å²) >= 11 is 0. The van der Waals surface area contributed by atoms with Crippen molar-refractivity contribution < 1.29 is 5.11 Å². The Hall–Kier alpha value is -0.0800. The fraction of sp³-hybridized carbons (Fsp3) is 1.00. The second-order valence-electron chi connectivity index (χ2n) is 3.10. The van der Waals surface area contributed by atoms with Gasteiger partial charge in [0.15, 0.2) is 0 Å². The van der Waals surface area contributed by atoms with Crippen molar-refractivity contribution in [3.63, 3.8) is 0 Å². The Bertz CT molecular complexity index is 65.4. The summed E-state index contributed by atoms with van der Waals surface area (Å²) < 4.78 is 0. The van der Waals surface area contributed by atoms with Crippen LogP contribution in [-0.2, 0) is 0 Å². The van der Waals surface area contributed by atoms with Crippen molar-refractivity contribution >= 4 is 0 Å². The van der Waals surface area contributed by atoms with Crippen molar-refractivity contribution in [1.82, 2.24) is 5.73 Å². The van der Waals surface area contributed by atoms with Crippen LogP contribution >= 0.6 is 0 Å². The third kappa shape index (κ3) is 2.28. The van der Waals surface area contributed by atoms with E-state index < -0.39 is 0 Å². The van der Waals surface area contributed by atoms with Crippen LogP contribution in [0.1, 0.15) is 20.8 Å². The maximum atomic E-state index is 8.48. The van der Waals surface area contributed by atoms with Crippen LogP contribution in [-0.4, -0.2) is 17.8 Å². The Morgan fingerprint density at radius 3 is 1.88 bits per heavy atom. The first-order chi connectivity index (χ1) is 3.48. The van der Waals surface area contributed by atoms with Gasteiger partial charge in [-0.2, -0.15) is 0 Å². The molecule has 0 aliphatic carbocycles. The predicted octanol–water partition coefficient (Wildman–Crippen LogP) is 0.676. The minimum Gasteiger partial charge on any atom is -0.395 e. The minimum absolute atomic E-state index is 0.0382. The lowest BCUT2D eigenvalue weighted by Gasteiger charge is -2.23. The quantitative estimate of drug-likeness (QED) is 0.537. The van der Waals surface area contributed by atoms with Gasteiger partial charge in [-0.25, -0.2) is 0 Å². The Balaban J connectivity index is 3.62. The van der Waals surface area contributed by atoms with Crippen LogP contribution in [0.25, 0.3) is 0 Å². The van der Waals surface area contributed by atoms with Crippen molar-refractivity contribution in [2.45, 2.75) is 26.8 Å². The monoisotopic (exact) mass is 116 g/mol. The van der Waals surface area contributed by atoms with Crippen LogP contribution in [0.15, 0.2) is 0 Å². The molecule has 2 nitrogen and oxygen atoms in total. The van der Waals surface area contributed by atoms with E-state index in [2.05, 4.69) is 0 Å². The van der Waals surface area contributed by atoms with Gasteiger partial charge in [-0.1, -0.05) is 20.8 Å². The highest BCUT2D eigenvalue weighted by molar-refractivity contribution is 4.74. The Morgan fingerprint density at radius 1 is 1.50 bits per heavy atom. The first-order valence-electron chi connectivity index (χ1n) is 2.80. The molecule has 0 bridgehead atoms. The number of hydrogen-bond acceptors (Lipinski definition) is 1. The van der Waals surface area contributed by atoms with E-state index in [0.717, 1.165) is 0 Å². The maximum absolute atomic E-state index is 8.48. The van der Waals surface area contributed by atoms with Gasteiger partial charge in [0.25, 0.3) is 0 Å². The van der Waals surface area contributed by atoms with Gasteiger partial charge in [0.05, 0.1) is 6.61 Å². The van der Waals surface area contributed by atoms with Gasteiger partial charge in [0.2, 0.25) is 0 Å². The summed E-state index contributed by atoms with van der Waals surface area (Å²) in [6.07, 6.45) is 0. The fourth-order valence-corrected chi connectivity index (χ4v) is 0.274. The number of aliphatic hydroxyl groups excluding tert-OH is 1. The van der Waals surface area contributed by atoms with E-state index in [-0.39, 0.29) is 18.1 Å². The van der Waals surface area contributed by atoms with Crippen LogP contribution < -0.4 is 5.73 Å². The molecule has 0 unspecified atom stereocenters. The summed E-state index contributed by atoms with van der Waals surface area (Å²) in [7, 11) is 0. The van der Waals surface area contributed by atoms with Crippen molar-refractivity contribution in [3.8, 4) is 0 Å². The third-order valence-corrected chi connectivity index (χ3v) is 1.23. The molecule has 0 heterocycles. The lowest BCUT2D eigenvalue weighted by Crippen LogP contribution is -2.30. The second-order valence-corrected chi connectivity index (χ2v) is 3.10. The van der Waals surface area contributed by atoms with Crippen molar-refractivity contribution in [1.29, 1.82) is 0 Å². The van der Waals surface area contributed by atoms with E-state index in [1.54, 1.807) is 0 Å². The van der Waals surface area contributed by atoms with Crippen LogP contribution in [0.4, 0.5) is 0 Å². The molecule has 0 spiro atoms. The van der Waals surface area contributed by atoms with Crippen molar-refractivity contribution in [3.05, 3.63) is 0 Å². The Morgan fingerprint density at radius 2 is 1.88 bits per heavy atom. The second kappa shape index (κ2) is 2.46. The Kier molecular flexibility index (Phi) is 2.44. The van der Waals surface area contributed by atoms with Crippen molar-refractivity contribution in [2.75, 3.05) is 6.61 Å². The molecule has 0 aromatic rings. The third-order valence-electron chi connectivity index (χ3n) is 1.23. The zero-order valence-corrected chi connectivity index (χ0v) is 5.73. The average molecular weight is 116 g/mol. The van der Waals surface area contributed by atoms with Gasteiger partial charge >= 0.3 is 0 Å². The zero-order valence-electron chi connectivity index (χ0n) is 5.73. The first-order valence-corrected chi connectivity index (χ1v) is 2.80. The highest BCUT2D eigenvalue weighted by Crippen LogP contribution is 2.17. The van der Waals surface area contributed by atoms with E-state index in [9.17, 15) is 0 Å². The number of hydrogen-bond donors (Lipinski definition) is 1. The molecule has 2 heteroatoms. The molecule has 0 aliphatic rings. The van der Waals surface area contributed by atoms with Gasteiger partial charge in [-0.05, 0) is 5.41 Å². The first kappa shape index (κ1) is 7.92. The number of rotatable bonds is 1. The lowest BCUT2D eigenvalue weighted by atomic mass is 9.88. The molecule has 8 heavy (non-hydrogen) atoms. The zero-order chi connectivity index (χ0) is 6.78. The topological polar surface area (TPSA) is 44.0 Å². The van der Waals surface area contributed by atoms with Gasteiger partial charge < -0.3 is 5.11 Å². The molecule has 0 aromatic carbocycles. The van der Waals surface area contributed by atoms with Crippen molar-refractivity contribution in [2.24, 2.45) is 5.41 Å². The smallest absolute Gasteiger partial charge is 0.0603 e. The molecule has 0 saturated heterocycles. The van der Waals surface area contributed by atoms with Gasteiger partial charge in [0.1, 0.15) is 0 Å². The summed E-state index contributed by atoms with van der Waals surface area (Å²) in [5, 5.41) is 8.48. The molecule has 2 N–H and O–H groups in total. The minimum atomic E-state index is -0.345. The van der Waals surface area contributed by atoms with Crippen LogP contribution in [0.3, 0.4) is 0 Å². The number of aliphatic hydroxyl groups is 1. The lowest BCUT2D eigenvalue weighted by molar-refractivity contribution is 0.184. The molecule has 0 aliphatic heterocycles.